The summed E-state index contributed by atoms with van der Waals surface area (Å²) in [5.74, 6) is 0. The minimum Gasteiger partial charge on any atom is -0.221 e. The van der Waals surface area contributed by atoms with E-state index in [1.54, 1.807) is 18.2 Å². The maximum Gasteiger partial charge on any atom is 0.237 e. The molecule has 0 amide bonds. The van der Waals surface area contributed by atoms with Gasteiger partial charge < -0.3 is 0 Å². The van der Waals surface area contributed by atoms with Crippen LogP contribution < -0.4 is 0 Å². The zero-order valence-corrected chi connectivity index (χ0v) is 9.11. The highest BCUT2D eigenvalue weighted by molar-refractivity contribution is 7.92. The monoisotopic (exact) mass is 232 g/mol. The van der Waals surface area contributed by atoms with Gasteiger partial charge in [-0.15, -0.1) is 0 Å². The van der Waals surface area contributed by atoms with Gasteiger partial charge in [0.25, 0.3) is 0 Å². The molecule has 16 heavy (non-hydrogen) atoms. The summed E-state index contributed by atoms with van der Waals surface area (Å²) >= 11 is 0. The molecule has 0 N–H and O–H groups in total. The van der Waals surface area contributed by atoms with Crippen molar-refractivity contribution in [2.45, 2.75) is 10.1 Å². The van der Waals surface area contributed by atoms with E-state index in [4.69, 9.17) is 10.5 Å². The number of rotatable bonds is 3. The zero-order valence-electron chi connectivity index (χ0n) is 8.29. The molecule has 1 rings (SSSR count). The molecule has 0 saturated carbocycles. The summed E-state index contributed by atoms with van der Waals surface area (Å²) in [7, 11) is -3.88. The third-order valence-electron chi connectivity index (χ3n) is 1.99. The predicted molar refractivity (Wildman–Crippen MR) is 58.7 cm³/mol. The Bertz CT molecular complexity index is 560. The van der Waals surface area contributed by atoms with Crippen molar-refractivity contribution in [3.63, 3.8) is 0 Å². The van der Waals surface area contributed by atoms with E-state index in [2.05, 4.69) is 6.58 Å². The van der Waals surface area contributed by atoms with E-state index in [0.717, 1.165) is 5.56 Å². The van der Waals surface area contributed by atoms with Crippen LogP contribution in [-0.4, -0.2) is 13.7 Å². The summed E-state index contributed by atoms with van der Waals surface area (Å²) in [6, 6.07) is 8.73. The Morgan fingerprint density at radius 3 is 2.06 bits per heavy atom. The summed E-state index contributed by atoms with van der Waals surface area (Å²) in [6.07, 6.45) is 1.57. The van der Waals surface area contributed by atoms with Gasteiger partial charge in [0.1, 0.15) is 0 Å². The molecule has 0 aliphatic carbocycles. The van der Waals surface area contributed by atoms with Crippen LogP contribution in [0.5, 0.6) is 0 Å². The fourth-order valence-corrected chi connectivity index (χ4v) is 2.16. The summed E-state index contributed by atoms with van der Waals surface area (Å²) in [5, 5.41) is 15.4. The molecule has 5 heteroatoms. The van der Waals surface area contributed by atoms with E-state index in [1.165, 1.54) is 24.3 Å². The molecule has 0 saturated heterocycles. The van der Waals surface area contributed by atoms with Gasteiger partial charge in [-0.2, -0.15) is 10.5 Å². The van der Waals surface area contributed by atoms with E-state index in [0.29, 0.717) is 0 Å². The number of benzene rings is 1. The van der Waals surface area contributed by atoms with Crippen molar-refractivity contribution in [2.24, 2.45) is 0 Å². The maximum atomic E-state index is 11.7. The van der Waals surface area contributed by atoms with Crippen LogP contribution in [0.1, 0.15) is 5.56 Å². The fraction of sp³-hybridized carbons (Fsp3) is 0.0909. The molecular weight excluding hydrogens is 224 g/mol. The first-order chi connectivity index (χ1) is 7.56. The first kappa shape index (κ1) is 12.0. The maximum absolute atomic E-state index is 11.7. The Morgan fingerprint density at radius 2 is 1.69 bits per heavy atom. The van der Waals surface area contributed by atoms with E-state index < -0.39 is 15.1 Å². The molecule has 0 aliphatic rings. The highest BCUT2D eigenvalue weighted by Gasteiger charge is 2.26. The topological polar surface area (TPSA) is 81.7 Å². The van der Waals surface area contributed by atoms with Crippen LogP contribution in [0.4, 0.5) is 0 Å². The van der Waals surface area contributed by atoms with Crippen LogP contribution in [0.3, 0.4) is 0 Å². The van der Waals surface area contributed by atoms with Crippen molar-refractivity contribution in [1.82, 2.24) is 0 Å². The molecule has 1 aromatic rings. The normalized spacial score (nSPS) is 10.4. The number of nitriles is 2. The Kier molecular flexibility index (Phi) is 3.44. The van der Waals surface area contributed by atoms with Gasteiger partial charge in [0.05, 0.1) is 17.0 Å². The highest BCUT2D eigenvalue weighted by Crippen LogP contribution is 2.16. The lowest BCUT2D eigenvalue weighted by Gasteiger charge is -2.03. The van der Waals surface area contributed by atoms with Crippen molar-refractivity contribution in [1.29, 1.82) is 10.5 Å². The highest BCUT2D eigenvalue weighted by atomic mass is 32.2. The van der Waals surface area contributed by atoms with Crippen LogP contribution in [0, 0.1) is 22.7 Å². The molecular formula is C11H8N2O2S. The zero-order chi connectivity index (χ0) is 12.2. The summed E-state index contributed by atoms with van der Waals surface area (Å²) in [4.78, 5) is -0.0359. The van der Waals surface area contributed by atoms with Gasteiger partial charge in [-0.3, -0.25) is 0 Å². The molecule has 0 fully saturated rings. The molecule has 0 bridgehead atoms. The Hall–Kier alpha value is -2.11. The SMILES string of the molecule is C=Cc1ccc(S(=O)(=O)C(C#N)C#N)cc1. The minimum atomic E-state index is -3.88. The molecule has 1 aromatic carbocycles. The second kappa shape index (κ2) is 4.61. The average molecular weight is 232 g/mol. The van der Waals surface area contributed by atoms with Gasteiger partial charge in [-0.05, 0) is 17.7 Å². The van der Waals surface area contributed by atoms with E-state index in [9.17, 15) is 8.42 Å². The van der Waals surface area contributed by atoms with Crippen molar-refractivity contribution in [2.75, 3.05) is 0 Å². The molecule has 4 nitrogen and oxygen atoms in total. The van der Waals surface area contributed by atoms with Gasteiger partial charge >= 0.3 is 0 Å². The second-order valence-corrected chi connectivity index (χ2v) is 4.99. The smallest absolute Gasteiger partial charge is 0.221 e. The number of sulfone groups is 1. The van der Waals surface area contributed by atoms with Gasteiger partial charge in [0, 0.05) is 0 Å². The van der Waals surface area contributed by atoms with E-state index in [-0.39, 0.29) is 4.90 Å². The lowest BCUT2D eigenvalue weighted by Crippen LogP contribution is -2.17. The van der Waals surface area contributed by atoms with Crippen molar-refractivity contribution in [3.8, 4) is 12.1 Å². The standard InChI is InChI=1S/C11H8N2O2S/c1-2-9-3-5-10(6-4-9)16(14,15)11(7-12)8-13/h2-6,11H,1H2. The van der Waals surface area contributed by atoms with Crippen LogP contribution in [0.15, 0.2) is 35.7 Å². The Balaban J connectivity index is 3.25. The molecule has 80 valence electrons. The quantitative estimate of drug-likeness (QED) is 0.791. The fourth-order valence-electron chi connectivity index (χ4n) is 1.10. The molecule has 0 unspecified atom stereocenters. The largest absolute Gasteiger partial charge is 0.237 e. The number of hydrogen-bond donors (Lipinski definition) is 0. The van der Waals surface area contributed by atoms with Crippen molar-refractivity contribution >= 4 is 15.9 Å². The molecule has 0 aromatic heterocycles. The van der Waals surface area contributed by atoms with Crippen LogP contribution in [0.25, 0.3) is 6.08 Å². The summed E-state index contributed by atoms with van der Waals surface area (Å²) in [6.45, 7) is 3.54. The molecule has 0 heterocycles. The average Bonchev–Trinajstić information content (AvgIpc) is 2.30. The van der Waals surface area contributed by atoms with E-state index in [1.807, 2.05) is 0 Å². The van der Waals surface area contributed by atoms with E-state index >= 15 is 0 Å². The lowest BCUT2D eigenvalue weighted by molar-refractivity contribution is 0.595. The van der Waals surface area contributed by atoms with Crippen LogP contribution in [-0.2, 0) is 9.84 Å². The predicted octanol–water partition coefficient (Wildman–Crippen LogP) is 1.52. The van der Waals surface area contributed by atoms with Crippen LogP contribution in [0.2, 0.25) is 0 Å². The molecule has 0 atom stereocenters. The van der Waals surface area contributed by atoms with Gasteiger partial charge in [-0.25, -0.2) is 8.42 Å². The Labute approximate surface area is 94.0 Å². The molecule has 0 spiro atoms. The van der Waals surface area contributed by atoms with Crippen LogP contribution >= 0.6 is 0 Å². The third-order valence-corrected chi connectivity index (χ3v) is 3.75. The van der Waals surface area contributed by atoms with Gasteiger partial charge in [-0.1, -0.05) is 24.8 Å². The lowest BCUT2D eigenvalue weighted by atomic mass is 10.2. The number of hydrogen-bond acceptors (Lipinski definition) is 4. The number of nitrogens with zero attached hydrogens (tertiary/aromatic N) is 2. The first-order valence-electron chi connectivity index (χ1n) is 4.32. The summed E-state index contributed by atoms with van der Waals surface area (Å²) < 4.78 is 23.4. The van der Waals surface area contributed by atoms with Gasteiger partial charge in [0.2, 0.25) is 15.1 Å². The molecule has 0 radical (unpaired) electrons. The van der Waals surface area contributed by atoms with Gasteiger partial charge in [0.15, 0.2) is 0 Å². The Morgan fingerprint density at radius 1 is 1.19 bits per heavy atom. The minimum absolute atomic E-state index is 0.0359. The third kappa shape index (κ3) is 2.10. The first-order valence-corrected chi connectivity index (χ1v) is 5.86. The second-order valence-electron chi connectivity index (χ2n) is 2.96. The summed E-state index contributed by atoms with van der Waals surface area (Å²) in [5.41, 5.74) is 0.768. The van der Waals surface area contributed by atoms with Crippen molar-refractivity contribution < 1.29 is 8.42 Å². The van der Waals surface area contributed by atoms with Crippen molar-refractivity contribution in [3.05, 3.63) is 36.4 Å². The molecule has 0 aliphatic heterocycles.